The van der Waals surface area contributed by atoms with E-state index in [0.29, 0.717) is 18.2 Å². The Morgan fingerprint density at radius 1 is 1.14 bits per heavy atom. The highest BCUT2D eigenvalue weighted by molar-refractivity contribution is 7.90. The quantitative estimate of drug-likeness (QED) is 0.752. The third-order valence-corrected chi connectivity index (χ3v) is 4.15. The molecule has 0 atom stereocenters. The number of benzene rings is 1. The predicted molar refractivity (Wildman–Crippen MR) is 87.5 cm³/mol. The fourth-order valence-electron chi connectivity index (χ4n) is 2.16. The number of hydrogen-bond donors (Lipinski definition) is 2. The number of sulfone groups is 1. The van der Waals surface area contributed by atoms with Crippen LogP contribution in [-0.4, -0.2) is 41.9 Å². The lowest BCUT2D eigenvalue weighted by Gasteiger charge is -2.10. The maximum Gasteiger partial charge on any atom is 0.178 e. The van der Waals surface area contributed by atoms with Gasteiger partial charge in [-0.25, -0.2) is 18.4 Å². The lowest BCUT2D eigenvalue weighted by molar-refractivity contribution is 0.602. The molecule has 0 radical (unpaired) electrons. The van der Waals surface area contributed by atoms with Gasteiger partial charge in [0, 0.05) is 24.4 Å². The zero-order chi connectivity index (χ0) is 15.6. The van der Waals surface area contributed by atoms with E-state index in [1.807, 2.05) is 42.6 Å². The van der Waals surface area contributed by atoms with E-state index < -0.39 is 9.84 Å². The van der Waals surface area contributed by atoms with Gasteiger partial charge in [-0.15, -0.1) is 0 Å². The molecule has 0 aliphatic carbocycles. The summed E-state index contributed by atoms with van der Waals surface area (Å²) in [6, 6.07) is 11.4. The van der Waals surface area contributed by atoms with Gasteiger partial charge < -0.3 is 10.3 Å². The van der Waals surface area contributed by atoms with E-state index in [0.717, 1.165) is 16.6 Å². The molecule has 3 rings (SSSR count). The van der Waals surface area contributed by atoms with Crippen molar-refractivity contribution in [3.05, 3.63) is 42.6 Å². The van der Waals surface area contributed by atoms with Gasteiger partial charge in [-0.05, 0) is 24.3 Å². The first-order chi connectivity index (χ1) is 10.5. The summed E-state index contributed by atoms with van der Waals surface area (Å²) in [6.07, 6.45) is 3.03. The van der Waals surface area contributed by atoms with Crippen LogP contribution in [0.3, 0.4) is 0 Å². The van der Waals surface area contributed by atoms with Crippen LogP contribution in [0.1, 0.15) is 0 Å². The third kappa shape index (κ3) is 3.25. The number of aromatic amines is 1. The molecule has 0 spiro atoms. The van der Waals surface area contributed by atoms with Crippen LogP contribution < -0.4 is 5.32 Å². The largest absolute Gasteiger partial charge is 0.368 e. The number of anilines is 1. The minimum Gasteiger partial charge on any atom is -0.368 e. The van der Waals surface area contributed by atoms with Gasteiger partial charge in [0.25, 0.3) is 0 Å². The topological polar surface area (TPSA) is 87.7 Å². The molecule has 114 valence electrons. The Hall–Kier alpha value is -2.41. The monoisotopic (exact) mass is 316 g/mol. The van der Waals surface area contributed by atoms with Gasteiger partial charge in [-0.1, -0.05) is 12.1 Å². The third-order valence-electron chi connectivity index (χ3n) is 3.21. The lowest BCUT2D eigenvalue weighted by atomic mass is 10.2. The van der Waals surface area contributed by atoms with E-state index in [4.69, 9.17) is 0 Å². The molecule has 2 aromatic heterocycles. The van der Waals surface area contributed by atoms with Crippen LogP contribution in [0.15, 0.2) is 42.6 Å². The van der Waals surface area contributed by atoms with Crippen molar-refractivity contribution in [2.24, 2.45) is 0 Å². The number of para-hydroxylation sites is 1. The molecule has 0 fully saturated rings. The van der Waals surface area contributed by atoms with Crippen molar-refractivity contribution in [1.29, 1.82) is 0 Å². The first-order valence-corrected chi connectivity index (χ1v) is 8.91. The smallest absolute Gasteiger partial charge is 0.178 e. The summed E-state index contributed by atoms with van der Waals surface area (Å²) < 4.78 is 22.5. The highest BCUT2D eigenvalue weighted by atomic mass is 32.2. The molecule has 2 N–H and O–H groups in total. The second kappa shape index (κ2) is 5.76. The Labute approximate surface area is 128 Å². The molecule has 1 aromatic carbocycles. The lowest BCUT2D eigenvalue weighted by Crippen LogP contribution is -2.15. The maximum absolute atomic E-state index is 11.3. The van der Waals surface area contributed by atoms with E-state index in [9.17, 15) is 8.42 Å². The molecule has 2 heterocycles. The van der Waals surface area contributed by atoms with Gasteiger partial charge in [-0.3, -0.25) is 0 Å². The summed E-state index contributed by atoms with van der Waals surface area (Å²) in [6.45, 7) is 0.310. The number of nitrogens with one attached hydrogen (secondary N) is 2. The van der Waals surface area contributed by atoms with Crippen LogP contribution in [0.4, 0.5) is 5.82 Å². The first-order valence-electron chi connectivity index (χ1n) is 6.85. The molecule has 6 nitrogen and oxygen atoms in total. The molecular weight excluding hydrogens is 300 g/mol. The molecular formula is C15H16N4O2S. The zero-order valence-electron chi connectivity index (χ0n) is 12.1. The Kier molecular flexibility index (Phi) is 3.81. The Balaban J connectivity index is 1.99. The van der Waals surface area contributed by atoms with Crippen molar-refractivity contribution < 1.29 is 8.42 Å². The minimum absolute atomic E-state index is 0.0587. The summed E-state index contributed by atoms with van der Waals surface area (Å²) in [5, 5.41) is 3.97. The standard InChI is InChI=1S/C15H16N4O2S/c1-22(20,21)10-9-17-14-11-5-2-3-6-12(11)18-15(19-14)13-7-4-8-16-13/h2-8,16H,9-10H2,1H3,(H,17,18,19). The molecule has 0 unspecified atom stereocenters. The molecule has 0 aliphatic rings. The van der Waals surface area contributed by atoms with Crippen molar-refractivity contribution in [2.45, 2.75) is 0 Å². The molecule has 0 saturated heterocycles. The number of fused-ring (bicyclic) bond motifs is 1. The zero-order valence-corrected chi connectivity index (χ0v) is 12.9. The average Bonchev–Trinajstić information content (AvgIpc) is 3.00. The molecule has 0 bridgehead atoms. The summed E-state index contributed by atoms with van der Waals surface area (Å²) in [7, 11) is -3.01. The molecule has 22 heavy (non-hydrogen) atoms. The predicted octanol–water partition coefficient (Wildman–Crippen LogP) is 2.08. The van der Waals surface area contributed by atoms with Crippen LogP contribution in [0.5, 0.6) is 0 Å². The molecule has 0 amide bonds. The van der Waals surface area contributed by atoms with Gasteiger partial charge >= 0.3 is 0 Å². The second-order valence-corrected chi connectivity index (χ2v) is 7.31. The average molecular weight is 316 g/mol. The Morgan fingerprint density at radius 3 is 2.68 bits per heavy atom. The maximum atomic E-state index is 11.3. The van der Waals surface area contributed by atoms with Crippen LogP contribution in [0.2, 0.25) is 0 Å². The summed E-state index contributed by atoms with van der Waals surface area (Å²) in [5.74, 6) is 1.27. The van der Waals surface area contributed by atoms with Crippen LogP contribution in [-0.2, 0) is 9.84 Å². The highest BCUT2D eigenvalue weighted by Gasteiger charge is 2.10. The number of nitrogens with zero attached hydrogens (tertiary/aromatic N) is 2. The van der Waals surface area contributed by atoms with Gasteiger partial charge in [0.05, 0.1) is 17.0 Å². The highest BCUT2D eigenvalue weighted by Crippen LogP contribution is 2.23. The van der Waals surface area contributed by atoms with Crippen molar-refractivity contribution in [1.82, 2.24) is 15.0 Å². The van der Waals surface area contributed by atoms with Gasteiger partial charge in [-0.2, -0.15) is 0 Å². The normalized spacial score (nSPS) is 11.7. The van der Waals surface area contributed by atoms with Crippen LogP contribution >= 0.6 is 0 Å². The van der Waals surface area contributed by atoms with Crippen LogP contribution in [0, 0.1) is 0 Å². The number of aromatic nitrogens is 3. The van der Waals surface area contributed by atoms with E-state index in [1.165, 1.54) is 6.26 Å². The van der Waals surface area contributed by atoms with Crippen molar-refractivity contribution in [3.8, 4) is 11.5 Å². The van der Waals surface area contributed by atoms with Gasteiger partial charge in [0.1, 0.15) is 15.7 Å². The van der Waals surface area contributed by atoms with Gasteiger partial charge in [0.15, 0.2) is 5.82 Å². The molecule has 7 heteroatoms. The number of rotatable bonds is 5. The number of hydrogen-bond acceptors (Lipinski definition) is 5. The fraction of sp³-hybridized carbons (Fsp3) is 0.200. The summed E-state index contributed by atoms with van der Waals surface area (Å²) in [5.41, 5.74) is 1.63. The fourth-order valence-corrected chi connectivity index (χ4v) is 2.63. The van der Waals surface area contributed by atoms with E-state index in [-0.39, 0.29) is 5.75 Å². The molecule has 3 aromatic rings. The number of H-pyrrole nitrogens is 1. The summed E-state index contributed by atoms with van der Waals surface area (Å²) in [4.78, 5) is 12.1. The van der Waals surface area contributed by atoms with E-state index in [2.05, 4.69) is 20.3 Å². The second-order valence-electron chi connectivity index (χ2n) is 5.05. The van der Waals surface area contributed by atoms with E-state index in [1.54, 1.807) is 0 Å². The minimum atomic E-state index is -3.01. The summed E-state index contributed by atoms with van der Waals surface area (Å²) >= 11 is 0. The Morgan fingerprint density at radius 2 is 1.95 bits per heavy atom. The van der Waals surface area contributed by atoms with Crippen molar-refractivity contribution >= 4 is 26.6 Å². The first kappa shape index (κ1) is 14.5. The van der Waals surface area contributed by atoms with Crippen molar-refractivity contribution in [3.63, 3.8) is 0 Å². The molecule has 0 saturated carbocycles. The SMILES string of the molecule is CS(=O)(=O)CCNc1nc(-c2ccc[nH]2)nc2ccccc12. The van der Waals surface area contributed by atoms with E-state index >= 15 is 0 Å². The molecule has 0 aliphatic heterocycles. The van der Waals surface area contributed by atoms with Gasteiger partial charge in [0.2, 0.25) is 0 Å². The van der Waals surface area contributed by atoms with Crippen molar-refractivity contribution in [2.75, 3.05) is 23.9 Å². The Bertz CT molecular complexity index is 889. The van der Waals surface area contributed by atoms with Crippen LogP contribution in [0.25, 0.3) is 22.4 Å².